The Morgan fingerprint density at radius 2 is 1.46 bits per heavy atom. The van der Waals surface area contributed by atoms with Gasteiger partial charge in [-0.3, -0.25) is 9.59 Å². The van der Waals surface area contributed by atoms with Crippen molar-refractivity contribution in [1.82, 2.24) is 0 Å². The maximum absolute atomic E-state index is 12.2. The van der Waals surface area contributed by atoms with Gasteiger partial charge in [-0.2, -0.15) is 0 Å². The van der Waals surface area contributed by atoms with E-state index in [0.29, 0.717) is 16.8 Å². The molecule has 0 saturated heterocycles. The molecule has 0 aromatic heterocycles. The van der Waals surface area contributed by atoms with Gasteiger partial charge in [-0.05, 0) is 30.3 Å². The Labute approximate surface area is 140 Å². The van der Waals surface area contributed by atoms with E-state index in [0.717, 1.165) is 0 Å². The minimum Gasteiger partial charge on any atom is -0.478 e. The summed E-state index contributed by atoms with van der Waals surface area (Å²) in [6, 6.07) is 12.4. The number of benzene rings is 2. The molecule has 0 aliphatic carbocycles. The van der Waals surface area contributed by atoms with Crippen LogP contribution in [0.15, 0.2) is 48.5 Å². The third-order valence-corrected chi connectivity index (χ3v) is 3.46. The lowest BCUT2D eigenvalue weighted by Crippen LogP contribution is -2.20. The van der Waals surface area contributed by atoms with Gasteiger partial charge >= 0.3 is 5.97 Å². The highest BCUT2D eigenvalue weighted by molar-refractivity contribution is 6.06. The monoisotopic (exact) mass is 325 g/mol. The first kappa shape index (κ1) is 17.4. The summed E-state index contributed by atoms with van der Waals surface area (Å²) < 4.78 is 0. The van der Waals surface area contributed by atoms with Gasteiger partial charge in [-0.1, -0.05) is 39.0 Å². The van der Waals surface area contributed by atoms with Crippen molar-refractivity contribution in [2.75, 3.05) is 5.32 Å². The van der Waals surface area contributed by atoms with E-state index >= 15 is 0 Å². The summed E-state index contributed by atoms with van der Waals surface area (Å²) in [5.74, 6) is -1.42. The number of carboxylic acids is 1. The normalized spacial score (nSPS) is 11.0. The van der Waals surface area contributed by atoms with Gasteiger partial charge in [0.25, 0.3) is 5.91 Å². The Kier molecular flexibility index (Phi) is 4.83. The van der Waals surface area contributed by atoms with E-state index in [9.17, 15) is 14.4 Å². The molecule has 0 bridgehead atoms. The summed E-state index contributed by atoms with van der Waals surface area (Å²) in [6.45, 7) is 5.52. The molecule has 0 unspecified atom stereocenters. The summed E-state index contributed by atoms with van der Waals surface area (Å²) in [4.78, 5) is 35.4. The third-order valence-electron chi connectivity index (χ3n) is 3.46. The topological polar surface area (TPSA) is 83.5 Å². The van der Waals surface area contributed by atoms with Crippen LogP contribution in [0.3, 0.4) is 0 Å². The molecule has 0 aliphatic heterocycles. The molecular weight excluding hydrogens is 306 g/mol. The highest BCUT2D eigenvalue weighted by Crippen LogP contribution is 2.21. The van der Waals surface area contributed by atoms with Gasteiger partial charge in [0.15, 0.2) is 5.78 Å². The highest BCUT2D eigenvalue weighted by atomic mass is 16.4. The van der Waals surface area contributed by atoms with Crippen molar-refractivity contribution in [3.63, 3.8) is 0 Å². The minimum atomic E-state index is -1.06. The second-order valence-corrected chi connectivity index (χ2v) is 6.50. The van der Waals surface area contributed by atoms with Crippen molar-refractivity contribution in [1.29, 1.82) is 0 Å². The van der Waals surface area contributed by atoms with E-state index in [2.05, 4.69) is 5.32 Å². The standard InChI is InChI=1S/C19H19NO4/c1-19(2,3)16(21)12-7-9-13(10-8-12)17(22)20-15-6-4-5-14(11-15)18(23)24/h4-11H,1-3H3,(H,20,22)(H,23,24). The smallest absolute Gasteiger partial charge is 0.335 e. The molecule has 2 aromatic rings. The van der Waals surface area contributed by atoms with Crippen LogP contribution in [0.5, 0.6) is 0 Å². The quantitative estimate of drug-likeness (QED) is 0.836. The van der Waals surface area contributed by atoms with Crippen LogP contribution < -0.4 is 5.32 Å². The Bertz CT molecular complexity index is 786. The zero-order valence-electron chi connectivity index (χ0n) is 13.8. The SMILES string of the molecule is CC(C)(C)C(=O)c1ccc(C(=O)Nc2cccc(C(=O)O)c2)cc1. The molecule has 2 rings (SSSR count). The fourth-order valence-corrected chi connectivity index (χ4v) is 2.14. The first-order valence-electron chi connectivity index (χ1n) is 7.48. The van der Waals surface area contributed by atoms with Crippen molar-refractivity contribution in [3.05, 3.63) is 65.2 Å². The third kappa shape index (κ3) is 4.07. The van der Waals surface area contributed by atoms with E-state index in [-0.39, 0.29) is 17.3 Å². The number of hydrogen-bond acceptors (Lipinski definition) is 3. The number of rotatable bonds is 4. The average Bonchev–Trinajstić information content (AvgIpc) is 2.53. The van der Waals surface area contributed by atoms with Gasteiger partial charge in [0.1, 0.15) is 0 Å². The molecule has 5 nitrogen and oxygen atoms in total. The Morgan fingerprint density at radius 1 is 0.875 bits per heavy atom. The summed E-state index contributed by atoms with van der Waals surface area (Å²) in [5.41, 5.74) is 0.947. The second-order valence-electron chi connectivity index (χ2n) is 6.50. The number of Topliss-reactive ketones (excluding diaryl/α,β-unsaturated/α-hetero) is 1. The first-order chi connectivity index (χ1) is 11.2. The summed E-state index contributed by atoms with van der Waals surface area (Å²) in [5, 5.41) is 11.6. The summed E-state index contributed by atoms with van der Waals surface area (Å²) in [7, 11) is 0. The van der Waals surface area contributed by atoms with Crippen LogP contribution in [-0.4, -0.2) is 22.8 Å². The van der Waals surface area contributed by atoms with Crippen LogP contribution in [-0.2, 0) is 0 Å². The lowest BCUT2D eigenvalue weighted by Gasteiger charge is -2.16. The average molecular weight is 325 g/mol. The summed E-state index contributed by atoms with van der Waals surface area (Å²) >= 11 is 0. The molecule has 124 valence electrons. The molecule has 24 heavy (non-hydrogen) atoms. The van der Waals surface area contributed by atoms with Gasteiger partial charge in [0.2, 0.25) is 0 Å². The van der Waals surface area contributed by atoms with Crippen molar-refractivity contribution in [2.45, 2.75) is 20.8 Å². The molecule has 0 saturated carbocycles. The molecule has 0 spiro atoms. The molecule has 5 heteroatoms. The fraction of sp³-hybridized carbons (Fsp3) is 0.211. The van der Waals surface area contributed by atoms with E-state index in [1.165, 1.54) is 12.1 Å². The first-order valence-corrected chi connectivity index (χ1v) is 7.48. The predicted octanol–water partition coefficient (Wildman–Crippen LogP) is 3.87. The lowest BCUT2D eigenvalue weighted by atomic mass is 9.86. The van der Waals surface area contributed by atoms with Crippen LogP contribution in [0.4, 0.5) is 5.69 Å². The van der Waals surface area contributed by atoms with Gasteiger partial charge in [-0.15, -0.1) is 0 Å². The lowest BCUT2D eigenvalue weighted by molar-refractivity contribution is 0.0696. The number of ketones is 1. The maximum Gasteiger partial charge on any atom is 0.335 e. The van der Waals surface area contributed by atoms with Crippen LogP contribution >= 0.6 is 0 Å². The number of hydrogen-bond donors (Lipinski definition) is 2. The number of carbonyl (C=O) groups excluding carboxylic acids is 2. The highest BCUT2D eigenvalue weighted by Gasteiger charge is 2.22. The van der Waals surface area contributed by atoms with E-state index in [1.54, 1.807) is 36.4 Å². The molecule has 2 N–H and O–H groups in total. The van der Waals surface area contributed by atoms with Gasteiger partial charge < -0.3 is 10.4 Å². The molecule has 0 aliphatic rings. The molecule has 0 heterocycles. The number of aromatic carboxylic acids is 1. The van der Waals surface area contributed by atoms with Crippen molar-refractivity contribution < 1.29 is 19.5 Å². The molecule has 2 aromatic carbocycles. The van der Waals surface area contributed by atoms with Gasteiger partial charge in [0.05, 0.1) is 5.56 Å². The number of carbonyl (C=O) groups is 3. The fourth-order valence-electron chi connectivity index (χ4n) is 2.14. The minimum absolute atomic E-state index is 0.00335. The molecule has 1 amide bonds. The van der Waals surface area contributed by atoms with Gasteiger partial charge in [0, 0.05) is 22.2 Å². The van der Waals surface area contributed by atoms with Crippen molar-refractivity contribution in [2.24, 2.45) is 5.41 Å². The van der Waals surface area contributed by atoms with Gasteiger partial charge in [-0.25, -0.2) is 4.79 Å². The van der Waals surface area contributed by atoms with Crippen LogP contribution in [0, 0.1) is 5.41 Å². The van der Waals surface area contributed by atoms with Crippen molar-refractivity contribution >= 4 is 23.3 Å². The van der Waals surface area contributed by atoms with Crippen LogP contribution in [0.2, 0.25) is 0 Å². The maximum atomic E-state index is 12.2. The number of carboxylic acid groups (broad SMARTS) is 1. The van der Waals surface area contributed by atoms with Crippen molar-refractivity contribution in [3.8, 4) is 0 Å². The Morgan fingerprint density at radius 3 is 2.00 bits per heavy atom. The zero-order valence-corrected chi connectivity index (χ0v) is 13.8. The number of nitrogens with one attached hydrogen (secondary N) is 1. The van der Waals surface area contributed by atoms with Crippen LogP contribution in [0.1, 0.15) is 51.8 Å². The largest absolute Gasteiger partial charge is 0.478 e. The Hall–Kier alpha value is -2.95. The molecule has 0 atom stereocenters. The van der Waals surface area contributed by atoms with E-state index in [4.69, 9.17) is 5.11 Å². The number of amides is 1. The summed E-state index contributed by atoms with van der Waals surface area (Å²) in [6.07, 6.45) is 0. The van der Waals surface area contributed by atoms with E-state index < -0.39 is 11.4 Å². The Balaban J connectivity index is 2.15. The molecule has 0 radical (unpaired) electrons. The van der Waals surface area contributed by atoms with E-state index in [1.807, 2.05) is 20.8 Å². The zero-order chi connectivity index (χ0) is 17.9. The van der Waals surface area contributed by atoms with Crippen LogP contribution in [0.25, 0.3) is 0 Å². The predicted molar refractivity (Wildman–Crippen MR) is 91.6 cm³/mol. The molecule has 0 fully saturated rings. The molecular formula is C19H19NO4. The number of anilines is 1. The second kappa shape index (κ2) is 6.66.